The van der Waals surface area contributed by atoms with Crippen LogP contribution in [0.4, 0.5) is 9.93 Å². The highest BCUT2D eigenvalue weighted by Gasteiger charge is 2.26. The Morgan fingerprint density at radius 2 is 2.14 bits per heavy atom. The second-order valence-corrected chi connectivity index (χ2v) is 7.42. The van der Waals surface area contributed by atoms with Crippen molar-refractivity contribution in [2.75, 3.05) is 17.6 Å². The number of nitrogens with zero attached hydrogens (tertiary/aromatic N) is 1. The summed E-state index contributed by atoms with van der Waals surface area (Å²) in [6.07, 6.45) is 2.46. The maximum atomic E-state index is 11.8. The van der Waals surface area contributed by atoms with E-state index in [-0.39, 0.29) is 6.03 Å². The number of anilines is 1. The molecule has 0 atom stereocenters. The number of carbonyl (C=O) groups excluding carboxylic acids is 1. The van der Waals surface area contributed by atoms with Crippen LogP contribution in [0.25, 0.3) is 0 Å². The number of hydrogen-bond donors (Lipinski definition) is 2. The van der Waals surface area contributed by atoms with Crippen molar-refractivity contribution in [2.24, 2.45) is 0 Å². The van der Waals surface area contributed by atoms with Gasteiger partial charge in [0.1, 0.15) is 0 Å². The van der Waals surface area contributed by atoms with Crippen LogP contribution in [0.3, 0.4) is 0 Å². The third-order valence-corrected chi connectivity index (χ3v) is 5.21. The third-order valence-electron chi connectivity index (χ3n) is 3.42. The van der Waals surface area contributed by atoms with Crippen molar-refractivity contribution >= 4 is 34.3 Å². The summed E-state index contributed by atoms with van der Waals surface area (Å²) in [6, 6.07) is 8.23. The van der Waals surface area contributed by atoms with E-state index in [0.717, 1.165) is 11.4 Å². The summed E-state index contributed by atoms with van der Waals surface area (Å²) in [6.45, 7) is 2.71. The number of thiazole rings is 1. The summed E-state index contributed by atoms with van der Waals surface area (Å²) in [7, 11) is 0. The highest BCUT2D eigenvalue weighted by atomic mass is 32.2. The predicted octanol–water partition coefficient (Wildman–Crippen LogP) is 4.24. The Kier molecular flexibility index (Phi) is 5.00. The molecular formula is C16H19N3OS2. The molecule has 1 aliphatic carbocycles. The molecule has 6 heteroatoms. The summed E-state index contributed by atoms with van der Waals surface area (Å²) in [4.78, 5) is 17.5. The largest absolute Gasteiger partial charge is 0.337 e. The fourth-order valence-corrected chi connectivity index (χ4v) is 3.58. The van der Waals surface area contributed by atoms with Gasteiger partial charge in [-0.1, -0.05) is 17.7 Å². The average Bonchev–Trinajstić information content (AvgIpc) is 3.26. The van der Waals surface area contributed by atoms with Gasteiger partial charge < -0.3 is 5.32 Å². The van der Waals surface area contributed by atoms with E-state index in [0.29, 0.717) is 17.6 Å². The first-order chi connectivity index (χ1) is 10.7. The molecule has 3 rings (SSSR count). The van der Waals surface area contributed by atoms with E-state index in [2.05, 4.69) is 46.8 Å². The monoisotopic (exact) mass is 333 g/mol. The van der Waals surface area contributed by atoms with Crippen LogP contribution in [0.2, 0.25) is 0 Å². The van der Waals surface area contributed by atoms with Crippen molar-refractivity contribution in [3.05, 3.63) is 40.9 Å². The van der Waals surface area contributed by atoms with Gasteiger partial charge in [0.2, 0.25) is 0 Å². The molecule has 2 N–H and O–H groups in total. The molecule has 116 valence electrons. The maximum Gasteiger partial charge on any atom is 0.321 e. The fourth-order valence-electron chi connectivity index (χ4n) is 2.02. The highest BCUT2D eigenvalue weighted by Crippen LogP contribution is 2.40. The van der Waals surface area contributed by atoms with E-state index in [1.165, 1.54) is 34.6 Å². The smallest absolute Gasteiger partial charge is 0.321 e. The first-order valence-electron chi connectivity index (χ1n) is 7.40. The molecule has 0 aliphatic heterocycles. The summed E-state index contributed by atoms with van der Waals surface area (Å²) in [5.41, 5.74) is 2.38. The van der Waals surface area contributed by atoms with Gasteiger partial charge >= 0.3 is 6.03 Å². The minimum atomic E-state index is -0.179. The standard InChI is InChI=1S/C16H19N3OS2/c1-11-2-6-13(7-3-11)21-9-8-17-15(20)19-16-18-14(10-22-16)12-4-5-12/h2-3,6-7,10,12H,4-5,8-9H2,1H3,(H2,17,18,19,20). The summed E-state index contributed by atoms with van der Waals surface area (Å²) < 4.78 is 0. The Morgan fingerprint density at radius 3 is 2.86 bits per heavy atom. The Labute approximate surface area is 138 Å². The topological polar surface area (TPSA) is 54.0 Å². The van der Waals surface area contributed by atoms with Crippen LogP contribution in [-0.2, 0) is 0 Å². The molecule has 2 aromatic rings. The Morgan fingerprint density at radius 1 is 1.36 bits per heavy atom. The van der Waals surface area contributed by atoms with Gasteiger partial charge in [0.05, 0.1) is 5.69 Å². The van der Waals surface area contributed by atoms with E-state index in [1.807, 2.05) is 5.38 Å². The number of thioether (sulfide) groups is 1. The molecule has 22 heavy (non-hydrogen) atoms. The number of benzene rings is 1. The third kappa shape index (κ3) is 4.48. The van der Waals surface area contributed by atoms with Crippen LogP contribution in [-0.4, -0.2) is 23.3 Å². The molecule has 1 saturated carbocycles. The fraction of sp³-hybridized carbons (Fsp3) is 0.375. The van der Waals surface area contributed by atoms with Crippen LogP contribution in [0.1, 0.15) is 30.0 Å². The summed E-state index contributed by atoms with van der Waals surface area (Å²) in [5, 5.41) is 8.39. The first kappa shape index (κ1) is 15.4. The van der Waals surface area contributed by atoms with E-state index < -0.39 is 0 Å². The van der Waals surface area contributed by atoms with Crippen LogP contribution in [0.5, 0.6) is 0 Å². The molecule has 1 fully saturated rings. The van der Waals surface area contributed by atoms with E-state index >= 15 is 0 Å². The lowest BCUT2D eigenvalue weighted by Crippen LogP contribution is -2.30. The highest BCUT2D eigenvalue weighted by molar-refractivity contribution is 7.99. The van der Waals surface area contributed by atoms with Gasteiger partial charge in [0, 0.05) is 28.5 Å². The quantitative estimate of drug-likeness (QED) is 0.614. The Balaban J connectivity index is 1.35. The second kappa shape index (κ2) is 7.15. The van der Waals surface area contributed by atoms with Gasteiger partial charge in [-0.15, -0.1) is 23.1 Å². The van der Waals surface area contributed by atoms with Crippen LogP contribution < -0.4 is 10.6 Å². The summed E-state index contributed by atoms with van der Waals surface area (Å²) >= 11 is 3.23. The number of hydrogen-bond acceptors (Lipinski definition) is 4. The van der Waals surface area contributed by atoms with E-state index in [1.54, 1.807) is 11.8 Å². The van der Waals surface area contributed by atoms with Gasteiger partial charge in [0.15, 0.2) is 5.13 Å². The lowest BCUT2D eigenvalue weighted by atomic mass is 10.2. The minimum Gasteiger partial charge on any atom is -0.337 e. The zero-order chi connectivity index (χ0) is 15.4. The van der Waals surface area contributed by atoms with Gasteiger partial charge in [0.25, 0.3) is 0 Å². The van der Waals surface area contributed by atoms with E-state index in [9.17, 15) is 4.79 Å². The number of rotatable bonds is 6. The van der Waals surface area contributed by atoms with Gasteiger partial charge in [-0.25, -0.2) is 9.78 Å². The van der Waals surface area contributed by atoms with Crippen molar-refractivity contribution in [3.8, 4) is 0 Å². The molecule has 2 amide bonds. The molecule has 0 bridgehead atoms. The van der Waals surface area contributed by atoms with Crippen LogP contribution in [0, 0.1) is 6.92 Å². The zero-order valence-corrected chi connectivity index (χ0v) is 14.1. The molecule has 0 unspecified atom stereocenters. The normalized spacial score (nSPS) is 13.9. The molecule has 0 spiro atoms. The number of amides is 2. The van der Waals surface area contributed by atoms with Gasteiger partial charge in [-0.05, 0) is 31.9 Å². The molecule has 1 aromatic carbocycles. The number of aromatic nitrogens is 1. The molecule has 1 aromatic heterocycles. The Hall–Kier alpha value is -1.53. The predicted molar refractivity (Wildman–Crippen MR) is 93.0 cm³/mol. The SMILES string of the molecule is Cc1ccc(SCCNC(=O)Nc2nc(C3CC3)cs2)cc1. The van der Waals surface area contributed by atoms with Gasteiger partial charge in [-0.3, -0.25) is 5.32 Å². The maximum absolute atomic E-state index is 11.8. The van der Waals surface area contributed by atoms with Crippen molar-refractivity contribution in [3.63, 3.8) is 0 Å². The summed E-state index contributed by atoms with van der Waals surface area (Å²) in [5.74, 6) is 1.47. The molecule has 1 heterocycles. The first-order valence-corrected chi connectivity index (χ1v) is 9.27. The number of nitrogens with one attached hydrogen (secondary N) is 2. The molecule has 0 saturated heterocycles. The van der Waals surface area contributed by atoms with Crippen LogP contribution in [0.15, 0.2) is 34.5 Å². The lowest BCUT2D eigenvalue weighted by Gasteiger charge is -2.05. The molecule has 4 nitrogen and oxygen atoms in total. The lowest BCUT2D eigenvalue weighted by molar-refractivity contribution is 0.252. The molecule has 0 radical (unpaired) electrons. The molecular weight excluding hydrogens is 314 g/mol. The van der Waals surface area contributed by atoms with Gasteiger partial charge in [-0.2, -0.15) is 0 Å². The number of carbonyl (C=O) groups is 1. The minimum absolute atomic E-state index is 0.179. The average molecular weight is 333 g/mol. The Bertz CT molecular complexity index is 635. The number of urea groups is 1. The zero-order valence-electron chi connectivity index (χ0n) is 12.5. The van der Waals surface area contributed by atoms with Crippen LogP contribution >= 0.6 is 23.1 Å². The van der Waals surface area contributed by atoms with Crippen molar-refractivity contribution in [1.82, 2.24) is 10.3 Å². The van der Waals surface area contributed by atoms with Crippen molar-refractivity contribution < 1.29 is 4.79 Å². The van der Waals surface area contributed by atoms with Crippen molar-refractivity contribution in [1.29, 1.82) is 0 Å². The van der Waals surface area contributed by atoms with Crippen molar-refractivity contribution in [2.45, 2.75) is 30.6 Å². The number of aryl methyl sites for hydroxylation is 1. The second-order valence-electron chi connectivity index (χ2n) is 5.39. The van der Waals surface area contributed by atoms with E-state index in [4.69, 9.17) is 0 Å². The molecule has 1 aliphatic rings.